The van der Waals surface area contributed by atoms with E-state index in [4.69, 9.17) is 0 Å². The molecule has 0 bridgehead atoms. The smallest absolute Gasteiger partial charge is 0.775 e. The molecule has 0 radical (unpaired) electrons. The van der Waals surface area contributed by atoms with Crippen LogP contribution in [-0.4, -0.2) is 36.3 Å². The predicted molar refractivity (Wildman–Crippen MR) is 65.1 cm³/mol. The Kier molecular flexibility index (Phi) is 11.9. The Labute approximate surface area is 162 Å². The molecule has 0 saturated heterocycles. The van der Waals surface area contributed by atoms with Crippen molar-refractivity contribution in [2.24, 2.45) is 0 Å². The second kappa shape index (κ2) is 10.5. The maximum atomic E-state index is 11.5. The van der Waals surface area contributed by atoms with Crippen LogP contribution in [0.1, 0.15) is 0 Å². The SMILES string of the molecule is O=C(/C=C(\[S-])C(F)(F)F)C(F)(F)F.O=C(/C=C(\[S-])C(F)(F)F)C(F)(F)F.[Ni+2]. The van der Waals surface area contributed by atoms with Gasteiger partial charge in [0.1, 0.15) is 0 Å². The Morgan fingerprint density at radius 3 is 0.815 bits per heavy atom. The standard InChI is InChI=1S/2C5H2F6OS.Ni/c2*6-4(7,8)2(12)1-3(13)5(9,10)11;/h2*1,13H;/q;;+2/p-2/b2*3-1-;. The molecule has 0 saturated carbocycles. The molecule has 0 aromatic heterocycles. The van der Waals surface area contributed by atoms with Gasteiger partial charge in [-0.2, -0.15) is 52.7 Å². The first kappa shape index (κ1) is 30.6. The van der Waals surface area contributed by atoms with Gasteiger partial charge in [0.05, 0.1) is 0 Å². The maximum Gasteiger partial charge on any atom is 2.00 e. The van der Waals surface area contributed by atoms with Gasteiger partial charge in [-0.05, 0) is 12.2 Å². The van der Waals surface area contributed by atoms with Gasteiger partial charge in [0, 0.05) is 0 Å². The number of carbonyl (C=O) groups is 2. The van der Waals surface area contributed by atoms with E-state index in [0.29, 0.717) is 0 Å². The van der Waals surface area contributed by atoms with Crippen molar-refractivity contribution < 1.29 is 78.8 Å². The summed E-state index contributed by atoms with van der Waals surface area (Å²) in [5.41, 5.74) is 0. The zero-order valence-electron chi connectivity index (χ0n) is 11.6. The van der Waals surface area contributed by atoms with E-state index >= 15 is 0 Å². The summed E-state index contributed by atoms with van der Waals surface area (Å²) in [6.07, 6.45) is -22.1. The molecule has 0 fully saturated rings. The molecule has 0 heterocycles. The van der Waals surface area contributed by atoms with Gasteiger partial charge in [0.15, 0.2) is 0 Å². The van der Waals surface area contributed by atoms with Crippen LogP contribution >= 0.6 is 0 Å². The van der Waals surface area contributed by atoms with Crippen LogP contribution in [-0.2, 0) is 51.3 Å². The number of allylic oxidation sites excluding steroid dienone is 4. The number of rotatable bonds is 2. The molecule has 0 aromatic carbocycles. The van der Waals surface area contributed by atoms with Crippen molar-refractivity contribution in [1.29, 1.82) is 0 Å². The Hall–Kier alpha value is -1.09. The van der Waals surface area contributed by atoms with E-state index in [2.05, 4.69) is 25.3 Å². The number of alkyl halides is 12. The van der Waals surface area contributed by atoms with Gasteiger partial charge >= 0.3 is 41.2 Å². The second-order valence-electron chi connectivity index (χ2n) is 3.74. The molecule has 0 spiro atoms. The van der Waals surface area contributed by atoms with E-state index in [-0.39, 0.29) is 16.5 Å². The molecule has 160 valence electrons. The quantitative estimate of drug-likeness (QED) is 0.244. The average molecular weight is 505 g/mol. The Morgan fingerprint density at radius 2 is 0.704 bits per heavy atom. The molecule has 27 heavy (non-hydrogen) atoms. The largest absolute Gasteiger partial charge is 2.00 e. The molecular formula is C10H2F12NiO2S2. The first-order valence-electron chi connectivity index (χ1n) is 5.24. The molecule has 0 amide bonds. The molecule has 0 aliphatic carbocycles. The van der Waals surface area contributed by atoms with E-state index in [1.165, 1.54) is 0 Å². The molecule has 0 atom stereocenters. The third kappa shape index (κ3) is 13.7. The number of carbonyl (C=O) groups excluding carboxylic acids is 2. The number of halogens is 12. The molecule has 17 heteroatoms. The number of hydrogen-bond acceptors (Lipinski definition) is 4. The van der Waals surface area contributed by atoms with Crippen molar-refractivity contribution in [3.05, 3.63) is 22.0 Å². The predicted octanol–water partition coefficient (Wildman–Crippen LogP) is 4.22. The zero-order valence-corrected chi connectivity index (χ0v) is 14.3. The summed E-state index contributed by atoms with van der Waals surface area (Å²) in [6.45, 7) is 0. The van der Waals surface area contributed by atoms with E-state index in [1.54, 1.807) is 0 Å². The zero-order chi connectivity index (χ0) is 21.7. The minimum atomic E-state index is -5.32. The second-order valence-corrected chi connectivity index (χ2v) is 4.62. The van der Waals surface area contributed by atoms with Crippen molar-refractivity contribution in [3.8, 4) is 0 Å². The molecule has 0 aliphatic rings. The fraction of sp³-hybridized carbons (Fsp3) is 0.400. The molecular weight excluding hydrogens is 503 g/mol. The summed E-state index contributed by atoms with van der Waals surface area (Å²) in [5, 5.41) is 0. The Balaban J connectivity index is -0.000000411. The van der Waals surface area contributed by atoms with E-state index < -0.39 is 58.2 Å². The van der Waals surface area contributed by atoms with E-state index in [9.17, 15) is 62.3 Å². The summed E-state index contributed by atoms with van der Waals surface area (Å²) in [5.74, 6) is -5.23. The van der Waals surface area contributed by atoms with Crippen molar-refractivity contribution in [3.63, 3.8) is 0 Å². The van der Waals surface area contributed by atoms with Crippen LogP contribution in [0, 0.1) is 0 Å². The van der Waals surface area contributed by atoms with Crippen LogP contribution in [0.15, 0.2) is 22.0 Å². The summed E-state index contributed by atoms with van der Waals surface area (Å²) in [4.78, 5) is 15.9. The van der Waals surface area contributed by atoms with Gasteiger partial charge in [-0.3, -0.25) is 9.59 Å². The van der Waals surface area contributed by atoms with Crippen molar-refractivity contribution >= 4 is 36.8 Å². The molecule has 0 rings (SSSR count). The fourth-order valence-corrected chi connectivity index (χ4v) is 0.780. The molecule has 0 N–H and O–H groups in total. The van der Waals surface area contributed by atoms with Crippen molar-refractivity contribution in [1.82, 2.24) is 0 Å². The molecule has 2 nitrogen and oxygen atoms in total. The van der Waals surface area contributed by atoms with Crippen LogP contribution < -0.4 is 0 Å². The normalized spacial score (nSPS) is 13.9. The minimum absolute atomic E-state index is 0. The van der Waals surface area contributed by atoms with Crippen molar-refractivity contribution in [2.45, 2.75) is 24.7 Å². The monoisotopic (exact) mass is 504 g/mol. The van der Waals surface area contributed by atoms with E-state index in [0.717, 1.165) is 0 Å². The third-order valence-corrected chi connectivity index (χ3v) is 2.34. The van der Waals surface area contributed by atoms with Gasteiger partial charge in [0.25, 0.3) is 11.6 Å². The first-order valence-corrected chi connectivity index (χ1v) is 6.06. The summed E-state index contributed by atoms with van der Waals surface area (Å²) in [7, 11) is 0. The Bertz CT molecular complexity index is 531. The maximum absolute atomic E-state index is 11.5. The summed E-state index contributed by atoms with van der Waals surface area (Å²) >= 11 is 7.07. The van der Waals surface area contributed by atoms with Crippen LogP contribution in [0.2, 0.25) is 0 Å². The van der Waals surface area contributed by atoms with Crippen LogP contribution in [0.5, 0.6) is 0 Å². The third-order valence-electron chi connectivity index (χ3n) is 1.64. The molecule has 0 unspecified atom stereocenters. The van der Waals surface area contributed by atoms with Gasteiger partial charge in [0.2, 0.25) is 0 Å². The molecule has 0 aliphatic heterocycles. The van der Waals surface area contributed by atoms with Crippen LogP contribution in [0.3, 0.4) is 0 Å². The molecule has 0 aromatic rings. The summed E-state index contributed by atoms with van der Waals surface area (Å²) in [6, 6.07) is 0. The minimum Gasteiger partial charge on any atom is -0.775 e. The van der Waals surface area contributed by atoms with Crippen LogP contribution in [0.4, 0.5) is 52.7 Å². The number of hydrogen-bond donors (Lipinski definition) is 0. The fourth-order valence-electron chi connectivity index (χ4n) is 0.565. The summed E-state index contributed by atoms with van der Waals surface area (Å²) < 4.78 is 137. The van der Waals surface area contributed by atoms with Gasteiger partial charge in [-0.1, -0.05) is 9.81 Å². The van der Waals surface area contributed by atoms with E-state index in [1.807, 2.05) is 0 Å². The topological polar surface area (TPSA) is 34.1 Å². The average Bonchev–Trinajstić information content (AvgIpc) is 2.34. The Morgan fingerprint density at radius 1 is 0.519 bits per heavy atom. The van der Waals surface area contributed by atoms with Gasteiger partial charge in [-0.25, -0.2) is 0 Å². The van der Waals surface area contributed by atoms with Crippen LogP contribution in [0.25, 0.3) is 0 Å². The van der Waals surface area contributed by atoms with Crippen molar-refractivity contribution in [2.75, 3.05) is 0 Å². The van der Waals surface area contributed by atoms with Gasteiger partial charge in [-0.15, -0.1) is 0 Å². The first-order chi connectivity index (χ1) is 11.1. The van der Waals surface area contributed by atoms with Gasteiger partial charge < -0.3 is 25.3 Å². The number of ketones is 2.